The lowest BCUT2D eigenvalue weighted by Crippen LogP contribution is -2.27. The summed E-state index contributed by atoms with van der Waals surface area (Å²) in [6.07, 6.45) is 6.02. The highest BCUT2D eigenvalue weighted by Crippen LogP contribution is 2.33. The van der Waals surface area contributed by atoms with E-state index in [0.29, 0.717) is 11.9 Å². The van der Waals surface area contributed by atoms with Gasteiger partial charge in [-0.2, -0.15) is 5.10 Å². The van der Waals surface area contributed by atoms with Crippen LogP contribution in [0.15, 0.2) is 24.3 Å². The third-order valence-electron chi connectivity index (χ3n) is 5.07. The number of carbonyl (C=O) groups is 1. The lowest BCUT2D eigenvalue weighted by Gasteiger charge is -2.29. The molecule has 3 rings (SSSR count). The van der Waals surface area contributed by atoms with E-state index in [9.17, 15) is 4.79 Å². The van der Waals surface area contributed by atoms with Gasteiger partial charge in [-0.05, 0) is 39.4 Å². The highest BCUT2D eigenvalue weighted by atomic mass is 16.1. The number of primary amides is 1. The molecule has 0 aliphatic heterocycles. The van der Waals surface area contributed by atoms with Gasteiger partial charge < -0.3 is 5.73 Å². The van der Waals surface area contributed by atoms with Gasteiger partial charge in [0.2, 0.25) is 5.91 Å². The summed E-state index contributed by atoms with van der Waals surface area (Å²) in [6, 6.07) is 8.84. The zero-order valence-corrected chi connectivity index (χ0v) is 16.0. The molecule has 6 heteroatoms. The Morgan fingerprint density at radius 3 is 2.65 bits per heavy atom. The predicted molar refractivity (Wildman–Crippen MR) is 102 cm³/mol. The molecule has 0 bridgehead atoms. The third-order valence-corrected chi connectivity index (χ3v) is 5.07. The molecule has 1 atom stereocenters. The van der Waals surface area contributed by atoms with Crippen molar-refractivity contribution < 1.29 is 4.79 Å². The molecule has 0 spiro atoms. The van der Waals surface area contributed by atoms with Crippen molar-refractivity contribution in [2.75, 3.05) is 14.1 Å². The minimum Gasteiger partial charge on any atom is -0.369 e. The minimum absolute atomic E-state index is 0.00838. The molecule has 1 heterocycles. The Hall–Kier alpha value is -2.21. The topological polar surface area (TPSA) is 77.0 Å². The van der Waals surface area contributed by atoms with Crippen LogP contribution in [0.2, 0.25) is 0 Å². The van der Waals surface area contributed by atoms with Gasteiger partial charge >= 0.3 is 0 Å². The van der Waals surface area contributed by atoms with E-state index in [0.717, 1.165) is 18.7 Å². The number of carbonyl (C=O) groups excluding carboxylic acids is 1. The van der Waals surface area contributed by atoms with Crippen molar-refractivity contribution in [1.82, 2.24) is 19.7 Å². The van der Waals surface area contributed by atoms with Crippen molar-refractivity contribution >= 4 is 5.91 Å². The Balaban J connectivity index is 2.06. The summed E-state index contributed by atoms with van der Waals surface area (Å²) in [5, 5.41) is 4.70. The van der Waals surface area contributed by atoms with Crippen LogP contribution in [0.5, 0.6) is 0 Å². The van der Waals surface area contributed by atoms with Gasteiger partial charge in [0.25, 0.3) is 0 Å². The first-order valence-corrected chi connectivity index (χ1v) is 9.42. The van der Waals surface area contributed by atoms with Gasteiger partial charge in [0.15, 0.2) is 5.82 Å². The molecule has 1 fully saturated rings. The highest BCUT2D eigenvalue weighted by Gasteiger charge is 2.28. The van der Waals surface area contributed by atoms with E-state index in [2.05, 4.69) is 54.9 Å². The van der Waals surface area contributed by atoms with Crippen molar-refractivity contribution in [3.63, 3.8) is 0 Å². The molecule has 1 aliphatic rings. The molecule has 1 saturated carbocycles. The number of nitrogens with two attached hydrogens (primary N) is 1. The van der Waals surface area contributed by atoms with E-state index >= 15 is 0 Å². The molecular formula is C20H29N5O. The van der Waals surface area contributed by atoms with E-state index in [-0.39, 0.29) is 12.5 Å². The van der Waals surface area contributed by atoms with E-state index in [1.807, 2.05) is 0 Å². The summed E-state index contributed by atoms with van der Waals surface area (Å²) in [6.45, 7) is 2.10. The second kappa shape index (κ2) is 7.99. The minimum atomic E-state index is -0.394. The van der Waals surface area contributed by atoms with Gasteiger partial charge in [-0.1, -0.05) is 49.1 Å². The third kappa shape index (κ3) is 4.12. The van der Waals surface area contributed by atoms with Crippen LogP contribution in [0.3, 0.4) is 0 Å². The Bertz CT molecular complexity index is 761. The maximum Gasteiger partial charge on any atom is 0.225 e. The smallest absolute Gasteiger partial charge is 0.225 e. The molecule has 1 aromatic heterocycles. The van der Waals surface area contributed by atoms with Crippen LogP contribution in [0.1, 0.15) is 67.0 Å². The maximum atomic E-state index is 11.4. The van der Waals surface area contributed by atoms with E-state index < -0.39 is 5.91 Å². The molecule has 0 saturated heterocycles. The molecular weight excluding hydrogens is 326 g/mol. The molecule has 1 amide bonds. The quantitative estimate of drug-likeness (QED) is 0.864. The summed E-state index contributed by atoms with van der Waals surface area (Å²) in [5.74, 6) is 1.04. The molecule has 1 aliphatic carbocycles. The Labute approximate surface area is 155 Å². The highest BCUT2D eigenvalue weighted by molar-refractivity contribution is 5.75. The standard InChI is InChI=1S/C20H29N5O/c1-14-8-7-9-15(12-14)19(24(2)3)20-22-18(13-17(21)26)23-25(20)16-10-5-4-6-11-16/h7-9,12,16,19H,4-6,10-11,13H2,1-3H3,(H2,21,26)/t19-/m1/s1. The molecule has 6 nitrogen and oxygen atoms in total. The molecule has 2 N–H and O–H groups in total. The van der Waals surface area contributed by atoms with E-state index in [1.54, 1.807) is 0 Å². The summed E-state index contributed by atoms with van der Waals surface area (Å²) >= 11 is 0. The number of benzene rings is 1. The van der Waals surface area contributed by atoms with Gasteiger partial charge in [-0.15, -0.1) is 0 Å². The van der Waals surface area contributed by atoms with Gasteiger partial charge in [0.1, 0.15) is 5.82 Å². The van der Waals surface area contributed by atoms with Crippen LogP contribution in [0, 0.1) is 6.92 Å². The lowest BCUT2D eigenvalue weighted by molar-refractivity contribution is -0.117. The number of hydrogen-bond acceptors (Lipinski definition) is 4. The van der Waals surface area contributed by atoms with Crippen molar-refractivity contribution in [3.8, 4) is 0 Å². The maximum absolute atomic E-state index is 11.4. The summed E-state index contributed by atoms with van der Waals surface area (Å²) in [4.78, 5) is 18.3. The van der Waals surface area contributed by atoms with Crippen LogP contribution in [0.4, 0.5) is 0 Å². The monoisotopic (exact) mass is 355 g/mol. The normalized spacial score (nSPS) is 16.8. The first kappa shape index (κ1) is 18.6. The van der Waals surface area contributed by atoms with Gasteiger partial charge in [0.05, 0.1) is 18.5 Å². The van der Waals surface area contributed by atoms with Crippen LogP contribution in [-0.2, 0) is 11.2 Å². The fourth-order valence-electron chi connectivity index (χ4n) is 3.91. The fourth-order valence-corrected chi connectivity index (χ4v) is 3.91. The van der Waals surface area contributed by atoms with Gasteiger partial charge in [0, 0.05) is 0 Å². The Morgan fingerprint density at radius 2 is 2.04 bits per heavy atom. The van der Waals surface area contributed by atoms with Crippen molar-refractivity contribution in [2.45, 2.75) is 57.5 Å². The molecule has 26 heavy (non-hydrogen) atoms. The molecule has 1 aromatic carbocycles. The second-order valence-electron chi connectivity index (χ2n) is 7.55. The summed E-state index contributed by atoms with van der Waals surface area (Å²) in [7, 11) is 4.11. The van der Waals surface area contributed by atoms with Gasteiger partial charge in [-0.25, -0.2) is 9.67 Å². The Morgan fingerprint density at radius 1 is 1.31 bits per heavy atom. The largest absolute Gasteiger partial charge is 0.369 e. The predicted octanol–water partition coefficient (Wildman–Crippen LogP) is 2.77. The molecule has 140 valence electrons. The van der Waals surface area contributed by atoms with Crippen molar-refractivity contribution in [3.05, 3.63) is 47.0 Å². The van der Waals surface area contributed by atoms with Gasteiger partial charge in [-0.3, -0.25) is 9.69 Å². The van der Waals surface area contributed by atoms with Crippen LogP contribution in [0.25, 0.3) is 0 Å². The summed E-state index contributed by atoms with van der Waals surface area (Å²) in [5.41, 5.74) is 7.79. The second-order valence-corrected chi connectivity index (χ2v) is 7.55. The number of rotatable bonds is 6. The number of aromatic nitrogens is 3. The average Bonchev–Trinajstić information content (AvgIpc) is 2.98. The first-order valence-electron chi connectivity index (χ1n) is 9.42. The average molecular weight is 355 g/mol. The Kier molecular flexibility index (Phi) is 5.71. The first-order chi connectivity index (χ1) is 12.5. The summed E-state index contributed by atoms with van der Waals surface area (Å²) < 4.78 is 2.07. The number of aryl methyl sites for hydroxylation is 1. The molecule has 0 unspecified atom stereocenters. The number of nitrogens with zero attached hydrogens (tertiary/aromatic N) is 4. The fraction of sp³-hybridized carbons (Fsp3) is 0.550. The van der Waals surface area contributed by atoms with Crippen LogP contribution < -0.4 is 5.73 Å². The van der Waals surface area contributed by atoms with E-state index in [1.165, 1.54) is 30.4 Å². The number of hydrogen-bond donors (Lipinski definition) is 1. The van der Waals surface area contributed by atoms with Crippen LogP contribution in [-0.4, -0.2) is 39.7 Å². The van der Waals surface area contributed by atoms with E-state index in [4.69, 9.17) is 15.8 Å². The molecule has 0 radical (unpaired) electrons. The number of amides is 1. The lowest BCUT2D eigenvalue weighted by atomic mass is 9.95. The zero-order chi connectivity index (χ0) is 18.7. The SMILES string of the molecule is Cc1cccc([C@H](c2nc(CC(N)=O)nn2C2CCCCC2)N(C)C)c1. The van der Waals surface area contributed by atoms with Crippen LogP contribution >= 0.6 is 0 Å². The zero-order valence-electron chi connectivity index (χ0n) is 16.0. The van der Waals surface area contributed by atoms with Crippen molar-refractivity contribution in [1.29, 1.82) is 0 Å². The molecule has 2 aromatic rings. The van der Waals surface area contributed by atoms with Crippen molar-refractivity contribution in [2.24, 2.45) is 5.73 Å².